The van der Waals surface area contributed by atoms with Crippen LogP contribution in [0.25, 0.3) is 22.3 Å². The van der Waals surface area contributed by atoms with Crippen molar-refractivity contribution in [1.29, 1.82) is 0 Å². The van der Waals surface area contributed by atoms with Gasteiger partial charge in [-0.1, -0.05) is 30.3 Å². The molecule has 180 valence electrons. The molecule has 0 radical (unpaired) electrons. The number of H-pyrrole nitrogens is 1. The molecule has 2 aromatic carbocycles. The van der Waals surface area contributed by atoms with Crippen LogP contribution >= 0.6 is 0 Å². The topological polar surface area (TPSA) is 57.3 Å². The summed E-state index contributed by atoms with van der Waals surface area (Å²) in [6.45, 7) is 8.07. The van der Waals surface area contributed by atoms with Crippen molar-refractivity contribution in [3.63, 3.8) is 0 Å². The van der Waals surface area contributed by atoms with E-state index in [4.69, 9.17) is 14.7 Å². The summed E-state index contributed by atoms with van der Waals surface area (Å²) in [5.41, 5.74) is 8.55. The summed E-state index contributed by atoms with van der Waals surface area (Å²) in [7, 11) is 1.82. The van der Waals surface area contributed by atoms with Gasteiger partial charge in [-0.2, -0.15) is 0 Å². The minimum atomic E-state index is 0.336. The minimum Gasteiger partial charge on any atom is -0.381 e. The summed E-state index contributed by atoms with van der Waals surface area (Å²) >= 11 is 0. The highest BCUT2D eigenvalue weighted by Gasteiger charge is 2.29. The van der Waals surface area contributed by atoms with Crippen LogP contribution in [-0.2, 0) is 17.7 Å². The van der Waals surface area contributed by atoms with Crippen LogP contribution < -0.4 is 9.80 Å². The van der Waals surface area contributed by atoms with Gasteiger partial charge in [0.05, 0.1) is 11.8 Å². The van der Waals surface area contributed by atoms with Gasteiger partial charge in [0.2, 0.25) is 0 Å². The van der Waals surface area contributed by atoms with E-state index < -0.39 is 0 Å². The predicted octanol–water partition coefficient (Wildman–Crippen LogP) is 5.42. The Morgan fingerprint density at radius 2 is 1.74 bits per heavy atom. The third-order valence-corrected chi connectivity index (χ3v) is 7.71. The molecule has 1 N–H and O–H groups in total. The first-order valence-electron chi connectivity index (χ1n) is 12.7. The number of ether oxygens (including phenoxy) is 1. The molecule has 2 aromatic heterocycles. The summed E-state index contributed by atoms with van der Waals surface area (Å²) in [4.78, 5) is 18.8. The molecule has 0 amide bonds. The maximum absolute atomic E-state index is 5.65. The van der Waals surface area contributed by atoms with Gasteiger partial charge in [-0.05, 0) is 49.9 Å². The SMILES string of the molecule is COC1CCN(c2nc(-c3cccc4[nH]cc(C)c34)nc3c2CN(c2ccccc2C)CC3)CC1. The van der Waals surface area contributed by atoms with Crippen molar-refractivity contribution in [2.75, 3.05) is 36.5 Å². The number of rotatable bonds is 4. The molecule has 0 bridgehead atoms. The molecular weight excluding hydrogens is 434 g/mol. The van der Waals surface area contributed by atoms with Crippen molar-refractivity contribution in [3.8, 4) is 11.4 Å². The van der Waals surface area contributed by atoms with Crippen LogP contribution in [0, 0.1) is 13.8 Å². The van der Waals surface area contributed by atoms with Crippen LogP contribution in [0.4, 0.5) is 11.5 Å². The second kappa shape index (κ2) is 9.00. The highest BCUT2D eigenvalue weighted by molar-refractivity contribution is 5.96. The van der Waals surface area contributed by atoms with Gasteiger partial charge in [0, 0.05) is 73.6 Å². The van der Waals surface area contributed by atoms with Gasteiger partial charge in [-0.25, -0.2) is 9.97 Å². The average Bonchev–Trinajstić information content (AvgIpc) is 3.29. The minimum absolute atomic E-state index is 0.336. The summed E-state index contributed by atoms with van der Waals surface area (Å²) in [5, 5.41) is 1.22. The molecule has 2 aliphatic rings. The molecule has 4 aromatic rings. The van der Waals surface area contributed by atoms with E-state index >= 15 is 0 Å². The number of para-hydroxylation sites is 1. The lowest BCUT2D eigenvalue weighted by Gasteiger charge is -2.37. The highest BCUT2D eigenvalue weighted by Crippen LogP contribution is 2.36. The average molecular weight is 468 g/mol. The van der Waals surface area contributed by atoms with Crippen LogP contribution in [0.1, 0.15) is 35.2 Å². The van der Waals surface area contributed by atoms with Gasteiger partial charge in [-0.3, -0.25) is 0 Å². The Labute approximate surface area is 207 Å². The third-order valence-electron chi connectivity index (χ3n) is 7.71. The summed E-state index contributed by atoms with van der Waals surface area (Å²) in [6, 6.07) is 15.1. The Kier molecular flexibility index (Phi) is 5.69. The molecule has 4 heterocycles. The molecule has 0 aliphatic carbocycles. The van der Waals surface area contributed by atoms with Crippen LogP contribution in [-0.4, -0.2) is 47.8 Å². The molecule has 6 heteroatoms. The van der Waals surface area contributed by atoms with Crippen LogP contribution in [0.15, 0.2) is 48.7 Å². The highest BCUT2D eigenvalue weighted by atomic mass is 16.5. The molecule has 1 fully saturated rings. The number of aryl methyl sites for hydroxylation is 2. The standard InChI is InChI=1S/C29H33N5O/c1-19-7-4-5-10-26(19)34-16-13-24-23(18-34)29(33-14-11-21(35-3)12-15-33)32-28(31-24)22-8-6-9-25-27(22)20(2)17-30-25/h4-10,17,21,30H,11-16,18H2,1-3H3. The first kappa shape index (κ1) is 22.1. The van der Waals surface area contributed by atoms with E-state index in [2.05, 4.69) is 77.3 Å². The van der Waals surface area contributed by atoms with Gasteiger partial charge in [0.25, 0.3) is 0 Å². The smallest absolute Gasteiger partial charge is 0.162 e. The van der Waals surface area contributed by atoms with Gasteiger partial charge in [0.15, 0.2) is 5.82 Å². The number of benzene rings is 2. The number of hydrogen-bond acceptors (Lipinski definition) is 5. The van der Waals surface area contributed by atoms with E-state index in [1.165, 1.54) is 33.5 Å². The predicted molar refractivity (Wildman–Crippen MR) is 142 cm³/mol. The molecule has 0 saturated carbocycles. The van der Waals surface area contributed by atoms with E-state index in [1.54, 1.807) is 0 Å². The summed E-state index contributed by atoms with van der Waals surface area (Å²) < 4.78 is 5.65. The summed E-state index contributed by atoms with van der Waals surface area (Å²) in [6.07, 6.45) is 5.38. The summed E-state index contributed by atoms with van der Waals surface area (Å²) in [5.74, 6) is 1.94. The molecule has 6 rings (SSSR count). The fraction of sp³-hybridized carbons (Fsp3) is 0.379. The van der Waals surface area contributed by atoms with E-state index in [1.807, 2.05) is 7.11 Å². The third kappa shape index (κ3) is 3.96. The monoisotopic (exact) mass is 467 g/mol. The number of aromatic amines is 1. The first-order chi connectivity index (χ1) is 17.1. The number of aromatic nitrogens is 3. The van der Waals surface area contributed by atoms with Crippen LogP contribution in [0.2, 0.25) is 0 Å². The fourth-order valence-electron chi connectivity index (χ4n) is 5.75. The molecule has 0 spiro atoms. The Bertz CT molecular complexity index is 1370. The van der Waals surface area contributed by atoms with E-state index in [0.717, 1.165) is 68.2 Å². The van der Waals surface area contributed by atoms with Crippen molar-refractivity contribution >= 4 is 22.4 Å². The van der Waals surface area contributed by atoms with Gasteiger partial charge in [0.1, 0.15) is 5.82 Å². The zero-order chi connectivity index (χ0) is 23.9. The van der Waals surface area contributed by atoms with E-state index in [0.29, 0.717) is 6.10 Å². The molecule has 2 aliphatic heterocycles. The quantitative estimate of drug-likeness (QED) is 0.434. The molecule has 6 nitrogen and oxygen atoms in total. The zero-order valence-corrected chi connectivity index (χ0v) is 20.8. The molecule has 0 atom stereocenters. The fourth-order valence-corrected chi connectivity index (χ4v) is 5.75. The maximum atomic E-state index is 5.65. The molecule has 35 heavy (non-hydrogen) atoms. The largest absolute Gasteiger partial charge is 0.381 e. The van der Waals surface area contributed by atoms with Crippen molar-refractivity contribution in [2.45, 2.75) is 45.8 Å². The number of anilines is 2. The van der Waals surface area contributed by atoms with Crippen LogP contribution in [0.5, 0.6) is 0 Å². The van der Waals surface area contributed by atoms with E-state index in [-0.39, 0.29) is 0 Å². The maximum Gasteiger partial charge on any atom is 0.162 e. The second-order valence-corrected chi connectivity index (χ2v) is 9.88. The van der Waals surface area contributed by atoms with E-state index in [9.17, 15) is 0 Å². The Hall–Kier alpha value is -3.38. The lowest BCUT2D eigenvalue weighted by molar-refractivity contribution is 0.0817. The number of methoxy groups -OCH3 is 1. The van der Waals surface area contributed by atoms with Crippen molar-refractivity contribution < 1.29 is 4.74 Å². The van der Waals surface area contributed by atoms with Crippen molar-refractivity contribution in [3.05, 3.63) is 71.0 Å². The lowest BCUT2D eigenvalue weighted by Crippen LogP contribution is -2.40. The van der Waals surface area contributed by atoms with Crippen LogP contribution in [0.3, 0.4) is 0 Å². The zero-order valence-electron chi connectivity index (χ0n) is 20.8. The normalized spacial score (nSPS) is 16.7. The van der Waals surface area contributed by atoms with Crippen molar-refractivity contribution in [1.82, 2.24) is 15.0 Å². The van der Waals surface area contributed by atoms with Crippen molar-refractivity contribution in [2.24, 2.45) is 0 Å². The van der Waals surface area contributed by atoms with Gasteiger partial charge < -0.3 is 19.5 Å². The van der Waals surface area contributed by atoms with Gasteiger partial charge >= 0.3 is 0 Å². The number of hydrogen-bond donors (Lipinski definition) is 1. The Balaban J connectivity index is 1.46. The molecule has 1 saturated heterocycles. The molecular formula is C29H33N5O. The number of fused-ring (bicyclic) bond motifs is 2. The number of piperidine rings is 1. The lowest BCUT2D eigenvalue weighted by atomic mass is 10.0. The Morgan fingerprint density at radius 3 is 2.54 bits per heavy atom. The Morgan fingerprint density at radius 1 is 0.914 bits per heavy atom. The second-order valence-electron chi connectivity index (χ2n) is 9.88. The number of nitrogens with zero attached hydrogens (tertiary/aromatic N) is 4. The first-order valence-corrected chi connectivity index (χ1v) is 12.7. The number of nitrogens with one attached hydrogen (secondary N) is 1. The van der Waals surface area contributed by atoms with Gasteiger partial charge in [-0.15, -0.1) is 0 Å². The molecule has 0 unspecified atom stereocenters.